The van der Waals surface area contributed by atoms with Crippen LogP contribution in [0.25, 0.3) is 21.8 Å². The van der Waals surface area contributed by atoms with Crippen LogP contribution in [-0.2, 0) is 4.79 Å². The first-order valence-corrected chi connectivity index (χ1v) is 7.38. The van der Waals surface area contributed by atoms with Crippen molar-refractivity contribution in [3.63, 3.8) is 0 Å². The third-order valence-electron chi connectivity index (χ3n) is 3.43. The number of nitrogens with one attached hydrogen (secondary N) is 1. The fourth-order valence-corrected chi connectivity index (χ4v) is 2.97. The van der Waals surface area contributed by atoms with Crippen LogP contribution >= 0.6 is 15.9 Å². The van der Waals surface area contributed by atoms with Gasteiger partial charge in [-0.3, -0.25) is 9.59 Å². The molecule has 0 bridgehead atoms. The molecule has 0 amide bonds. The van der Waals surface area contributed by atoms with Crippen molar-refractivity contribution >= 4 is 49.5 Å². The van der Waals surface area contributed by atoms with E-state index in [1.807, 2.05) is 36.4 Å². The summed E-state index contributed by atoms with van der Waals surface area (Å²) in [5, 5.41) is 10.8. The lowest BCUT2D eigenvalue weighted by molar-refractivity contribution is -0.136. The van der Waals surface area contributed by atoms with E-state index in [0.717, 1.165) is 21.8 Å². The van der Waals surface area contributed by atoms with E-state index in [4.69, 9.17) is 5.11 Å². The number of halogens is 1. The van der Waals surface area contributed by atoms with E-state index in [0.29, 0.717) is 5.56 Å². The number of aromatic nitrogens is 1. The quantitative estimate of drug-likeness (QED) is 0.558. The summed E-state index contributed by atoms with van der Waals surface area (Å²) < 4.78 is 0. The summed E-state index contributed by atoms with van der Waals surface area (Å²) in [6.45, 7) is 0. The maximum absolute atomic E-state index is 12.3. The summed E-state index contributed by atoms with van der Waals surface area (Å²) in [4.78, 5) is 25.5. The van der Waals surface area contributed by atoms with Crippen LogP contribution in [0.4, 0.5) is 0 Å². The van der Waals surface area contributed by atoms with Crippen LogP contribution in [0.15, 0.2) is 42.5 Å². The number of carboxylic acids is 1. The normalized spacial score (nSPS) is 12.6. The molecule has 0 fully saturated rings. The topological polar surface area (TPSA) is 70.2 Å². The van der Waals surface area contributed by atoms with Crippen LogP contribution in [-0.4, -0.2) is 26.7 Å². The summed E-state index contributed by atoms with van der Waals surface area (Å²) in [5.41, 5.74) is 2.48. The molecule has 0 spiro atoms. The van der Waals surface area contributed by atoms with Crippen molar-refractivity contribution in [2.24, 2.45) is 0 Å². The molecule has 1 unspecified atom stereocenters. The Bertz CT molecular complexity index is 853. The fraction of sp³-hybridized carbons (Fsp3) is 0.125. The predicted molar refractivity (Wildman–Crippen MR) is 85.1 cm³/mol. The molecule has 0 saturated heterocycles. The Balaban J connectivity index is 2.06. The van der Waals surface area contributed by atoms with E-state index in [-0.39, 0.29) is 12.2 Å². The molecule has 4 nitrogen and oxygen atoms in total. The highest BCUT2D eigenvalue weighted by molar-refractivity contribution is 9.10. The van der Waals surface area contributed by atoms with Crippen molar-refractivity contribution in [3.05, 3.63) is 48.0 Å². The summed E-state index contributed by atoms with van der Waals surface area (Å²) >= 11 is 3.15. The van der Waals surface area contributed by atoms with Crippen molar-refractivity contribution in [1.82, 2.24) is 4.98 Å². The number of aliphatic carboxylic acids is 1. The maximum atomic E-state index is 12.3. The van der Waals surface area contributed by atoms with Gasteiger partial charge in [0, 0.05) is 27.4 Å². The average Bonchev–Trinajstić information content (AvgIpc) is 2.83. The smallest absolute Gasteiger partial charge is 0.304 e. The van der Waals surface area contributed by atoms with Crippen LogP contribution in [0.1, 0.15) is 16.8 Å². The van der Waals surface area contributed by atoms with E-state index in [9.17, 15) is 9.59 Å². The second kappa shape index (κ2) is 5.33. The second-order valence-electron chi connectivity index (χ2n) is 4.86. The standard InChI is InChI=1S/C16H12BrNO3/c17-12(8-15(19)20)16(21)9-5-6-14-11(7-9)10-3-1-2-4-13(10)18-14/h1-7,12,18H,8H2,(H,19,20). The van der Waals surface area contributed by atoms with Gasteiger partial charge in [-0.2, -0.15) is 0 Å². The van der Waals surface area contributed by atoms with Crippen molar-refractivity contribution < 1.29 is 14.7 Å². The largest absolute Gasteiger partial charge is 0.481 e. The Kier molecular flexibility index (Phi) is 3.51. The van der Waals surface area contributed by atoms with Gasteiger partial charge in [-0.25, -0.2) is 0 Å². The zero-order valence-corrected chi connectivity index (χ0v) is 12.6. The number of carboxylic acid groups (broad SMARTS) is 1. The highest BCUT2D eigenvalue weighted by atomic mass is 79.9. The minimum absolute atomic E-state index is 0.218. The molecule has 0 aliphatic heterocycles. The van der Waals surface area contributed by atoms with Gasteiger partial charge in [0.25, 0.3) is 0 Å². The number of carbonyl (C=O) groups excluding carboxylic acids is 1. The summed E-state index contributed by atoms with van der Waals surface area (Å²) in [7, 11) is 0. The highest BCUT2D eigenvalue weighted by Crippen LogP contribution is 2.27. The highest BCUT2D eigenvalue weighted by Gasteiger charge is 2.20. The molecular weight excluding hydrogens is 334 g/mol. The third-order valence-corrected chi connectivity index (χ3v) is 4.17. The monoisotopic (exact) mass is 345 g/mol. The fourth-order valence-electron chi connectivity index (χ4n) is 2.43. The number of Topliss-reactive ketones (excluding diaryl/α,β-unsaturated/α-hetero) is 1. The number of alkyl halides is 1. The first kappa shape index (κ1) is 13.8. The van der Waals surface area contributed by atoms with Gasteiger partial charge in [0.05, 0.1) is 11.2 Å². The predicted octanol–water partition coefficient (Wildman–Crippen LogP) is 3.74. The number of carbonyl (C=O) groups is 2. The lowest BCUT2D eigenvalue weighted by atomic mass is 10.0. The maximum Gasteiger partial charge on any atom is 0.304 e. The second-order valence-corrected chi connectivity index (χ2v) is 5.97. The third kappa shape index (κ3) is 2.56. The number of aromatic amines is 1. The van der Waals surface area contributed by atoms with Crippen LogP contribution in [0, 0.1) is 0 Å². The Morgan fingerprint density at radius 2 is 1.81 bits per heavy atom. The van der Waals surface area contributed by atoms with Gasteiger partial charge in [0.1, 0.15) is 0 Å². The Labute approximate surface area is 128 Å². The number of ketones is 1. The average molecular weight is 346 g/mol. The van der Waals surface area contributed by atoms with E-state index >= 15 is 0 Å². The van der Waals surface area contributed by atoms with Gasteiger partial charge in [0.2, 0.25) is 0 Å². The van der Waals surface area contributed by atoms with Crippen LogP contribution in [0.2, 0.25) is 0 Å². The van der Waals surface area contributed by atoms with Crippen molar-refractivity contribution in [2.75, 3.05) is 0 Å². The number of H-pyrrole nitrogens is 1. The minimum Gasteiger partial charge on any atom is -0.481 e. The van der Waals surface area contributed by atoms with E-state index in [2.05, 4.69) is 20.9 Å². The molecule has 0 saturated carbocycles. The summed E-state index contributed by atoms with van der Waals surface area (Å²) in [5.74, 6) is -1.22. The van der Waals surface area contributed by atoms with Crippen LogP contribution in [0.5, 0.6) is 0 Å². The molecule has 3 aromatic rings. The van der Waals surface area contributed by atoms with Crippen molar-refractivity contribution in [1.29, 1.82) is 0 Å². The molecule has 3 rings (SSSR count). The van der Waals surface area contributed by atoms with Crippen LogP contribution in [0.3, 0.4) is 0 Å². The van der Waals surface area contributed by atoms with Gasteiger partial charge in [-0.05, 0) is 24.3 Å². The zero-order valence-electron chi connectivity index (χ0n) is 11.0. The molecule has 1 atom stereocenters. The van der Waals surface area contributed by atoms with E-state index in [1.54, 1.807) is 6.07 Å². The van der Waals surface area contributed by atoms with Gasteiger partial charge < -0.3 is 10.1 Å². The molecule has 5 heteroatoms. The van der Waals surface area contributed by atoms with Gasteiger partial charge >= 0.3 is 5.97 Å². The lowest BCUT2D eigenvalue weighted by Crippen LogP contribution is -2.18. The lowest BCUT2D eigenvalue weighted by Gasteiger charge is -2.06. The molecular formula is C16H12BrNO3. The number of benzene rings is 2. The van der Waals surface area contributed by atoms with Crippen molar-refractivity contribution in [2.45, 2.75) is 11.2 Å². The van der Waals surface area contributed by atoms with Gasteiger partial charge in [-0.15, -0.1) is 0 Å². The number of fused-ring (bicyclic) bond motifs is 3. The SMILES string of the molecule is O=C(O)CC(Br)C(=O)c1ccc2[nH]c3ccccc3c2c1. The molecule has 0 radical (unpaired) electrons. The summed E-state index contributed by atoms with van der Waals surface area (Å²) in [6.07, 6.45) is -0.231. The first-order valence-electron chi connectivity index (χ1n) is 6.47. The minimum atomic E-state index is -1.00. The van der Waals surface area contributed by atoms with Crippen LogP contribution < -0.4 is 0 Å². The number of hydrogen-bond donors (Lipinski definition) is 2. The molecule has 21 heavy (non-hydrogen) atoms. The van der Waals surface area contributed by atoms with Gasteiger partial charge in [-0.1, -0.05) is 34.1 Å². The molecule has 1 aromatic heterocycles. The van der Waals surface area contributed by atoms with E-state index in [1.165, 1.54) is 0 Å². The zero-order chi connectivity index (χ0) is 15.0. The summed E-state index contributed by atoms with van der Waals surface area (Å²) in [6, 6.07) is 13.2. The molecule has 1 heterocycles. The number of hydrogen-bond acceptors (Lipinski definition) is 2. The number of para-hydroxylation sites is 1. The Hall–Kier alpha value is -2.14. The molecule has 0 aliphatic rings. The van der Waals surface area contributed by atoms with Gasteiger partial charge in [0.15, 0.2) is 5.78 Å². The first-order chi connectivity index (χ1) is 10.1. The number of rotatable bonds is 4. The Morgan fingerprint density at radius 1 is 1.10 bits per heavy atom. The van der Waals surface area contributed by atoms with Crippen molar-refractivity contribution in [3.8, 4) is 0 Å². The molecule has 2 aromatic carbocycles. The molecule has 106 valence electrons. The van der Waals surface area contributed by atoms with E-state index < -0.39 is 10.8 Å². The molecule has 0 aliphatic carbocycles. The molecule has 2 N–H and O–H groups in total. The Morgan fingerprint density at radius 3 is 2.57 bits per heavy atom.